The van der Waals surface area contributed by atoms with E-state index in [1.165, 1.54) is 13.2 Å². The maximum atomic E-state index is 11.1. The van der Waals surface area contributed by atoms with E-state index in [-0.39, 0.29) is 27.9 Å². The zero-order valence-corrected chi connectivity index (χ0v) is 12.1. The van der Waals surface area contributed by atoms with Crippen molar-refractivity contribution in [1.29, 1.82) is 0 Å². The second kappa shape index (κ2) is 6.15. The standard InChI is InChI=1S/C14H19ClO4/c1-14(2,8-4-5-11(17)19-3)9-6-7-10(16)12(15)13(9)18/h6-7,16,18H,4-5,8H2,1-3H3. The Kier molecular flexibility index (Phi) is 5.06. The number of phenols is 2. The molecular weight excluding hydrogens is 268 g/mol. The molecule has 1 aromatic rings. The number of phenolic OH excluding ortho intramolecular Hbond substituents is 2. The van der Waals surface area contributed by atoms with Crippen LogP contribution in [0, 0.1) is 0 Å². The molecule has 0 fully saturated rings. The summed E-state index contributed by atoms with van der Waals surface area (Å²) in [6, 6.07) is 3.11. The third kappa shape index (κ3) is 3.77. The van der Waals surface area contributed by atoms with Crippen LogP contribution in [0.5, 0.6) is 11.5 Å². The van der Waals surface area contributed by atoms with Gasteiger partial charge < -0.3 is 14.9 Å². The van der Waals surface area contributed by atoms with Crippen molar-refractivity contribution in [2.75, 3.05) is 7.11 Å². The number of rotatable bonds is 5. The summed E-state index contributed by atoms with van der Waals surface area (Å²) in [5, 5.41) is 19.4. The van der Waals surface area contributed by atoms with Gasteiger partial charge in [-0.25, -0.2) is 0 Å². The van der Waals surface area contributed by atoms with Crippen LogP contribution in [0.3, 0.4) is 0 Å². The lowest BCUT2D eigenvalue weighted by Crippen LogP contribution is -2.18. The van der Waals surface area contributed by atoms with Gasteiger partial charge in [-0.3, -0.25) is 4.79 Å². The number of methoxy groups -OCH3 is 1. The van der Waals surface area contributed by atoms with E-state index in [9.17, 15) is 15.0 Å². The number of benzene rings is 1. The van der Waals surface area contributed by atoms with Gasteiger partial charge >= 0.3 is 5.97 Å². The van der Waals surface area contributed by atoms with Crippen molar-refractivity contribution in [3.63, 3.8) is 0 Å². The Bertz CT molecular complexity index is 469. The highest BCUT2D eigenvalue weighted by Gasteiger charge is 2.26. The average molecular weight is 287 g/mol. The number of carbonyl (C=O) groups is 1. The average Bonchev–Trinajstić information content (AvgIpc) is 2.35. The molecule has 0 aliphatic carbocycles. The first-order valence-corrected chi connectivity index (χ1v) is 6.45. The van der Waals surface area contributed by atoms with Crippen LogP contribution >= 0.6 is 11.6 Å². The van der Waals surface area contributed by atoms with Crippen molar-refractivity contribution in [2.45, 2.75) is 38.5 Å². The number of ether oxygens (including phenoxy) is 1. The number of aromatic hydroxyl groups is 2. The predicted molar refractivity (Wildman–Crippen MR) is 73.7 cm³/mol. The van der Waals surface area contributed by atoms with E-state index in [1.807, 2.05) is 13.8 Å². The molecule has 0 aliphatic heterocycles. The highest BCUT2D eigenvalue weighted by molar-refractivity contribution is 6.33. The van der Waals surface area contributed by atoms with Crippen LogP contribution in [0.1, 0.15) is 38.7 Å². The van der Waals surface area contributed by atoms with Crippen molar-refractivity contribution in [2.24, 2.45) is 0 Å². The van der Waals surface area contributed by atoms with Gasteiger partial charge in [-0.15, -0.1) is 0 Å². The molecule has 0 bridgehead atoms. The van der Waals surface area contributed by atoms with Crippen molar-refractivity contribution in [3.8, 4) is 11.5 Å². The van der Waals surface area contributed by atoms with Gasteiger partial charge in [0.2, 0.25) is 0 Å². The molecule has 4 nitrogen and oxygen atoms in total. The van der Waals surface area contributed by atoms with Gasteiger partial charge in [0.05, 0.1) is 7.11 Å². The third-order valence-electron chi connectivity index (χ3n) is 3.24. The molecule has 2 N–H and O–H groups in total. The summed E-state index contributed by atoms with van der Waals surface area (Å²) in [7, 11) is 1.36. The van der Waals surface area contributed by atoms with Crippen molar-refractivity contribution in [1.82, 2.24) is 0 Å². The molecular formula is C14H19ClO4. The summed E-state index contributed by atoms with van der Waals surface area (Å²) in [6.07, 6.45) is 1.68. The molecule has 5 heteroatoms. The molecule has 0 radical (unpaired) electrons. The summed E-state index contributed by atoms with van der Waals surface area (Å²) in [6.45, 7) is 3.90. The number of hydrogen-bond donors (Lipinski definition) is 2. The number of hydrogen-bond acceptors (Lipinski definition) is 4. The van der Waals surface area contributed by atoms with E-state index in [1.54, 1.807) is 6.07 Å². The molecule has 0 heterocycles. The minimum atomic E-state index is -0.352. The molecule has 1 rings (SSSR count). The third-order valence-corrected chi connectivity index (χ3v) is 3.61. The zero-order valence-electron chi connectivity index (χ0n) is 11.4. The van der Waals surface area contributed by atoms with Crippen LogP contribution in [-0.4, -0.2) is 23.3 Å². The van der Waals surface area contributed by atoms with Gasteiger partial charge in [0.1, 0.15) is 16.5 Å². The summed E-state index contributed by atoms with van der Waals surface area (Å²) in [4.78, 5) is 11.1. The number of esters is 1. The molecule has 0 spiro atoms. The van der Waals surface area contributed by atoms with Gasteiger partial charge in [0, 0.05) is 12.0 Å². The Morgan fingerprint density at radius 2 is 2.00 bits per heavy atom. The van der Waals surface area contributed by atoms with E-state index in [0.717, 1.165) is 0 Å². The summed E-state index contributed by atoms with van der Waals surface area (Å²) >= 11 is 5.82. The minimum Gasteiger partial charge on any atom is -0.506 e. The molecule has 19 heavy (non-hydrogen) atoms. The highest BCUT2D eigenvalue weighted by Crippen LogP contribution is 2.42. The SMILES string of the molecule is COC(=O)CCCC(C)(C)c1ccc(O)c(Cl)c1O. The largest absolute Gasteiger partial charge is 0.506 e. The van der Waals surface area contributed by atoms with Gasteiger partial charge in [-0.1, -0.05) is 31.5 Å². The fourth-order valence-corrected chi connectivity index (χ4v) is 2.18. The van der Waals surface area contributed by atoms with E-state index in [0.29, 0.717) is 24.8 Å². The molecule has 0 saturated heterocycles. The maximum Gasteiger partial charge on any atom is 0.305 e. The van der Waals surface area contributed by atoms with E-state index in [2.05, 4.69) is 4.74 Å². The zero-order chi connectivity index (χ0) is 14.6. The van der Waals surface area contributed by atoms with Gasteiger partial charge in [0.15, 0.2) is 0 Å². The molecule has 0 amide bonds. The number of carbonyl (C=O) groups excluding carboxylic acids is 1. The lowest BCUT2D eigenvalue weighted by molar-refractivity contribution is -0.140. The quantitative estimate of drug-likeness (QED) is 0.815. The Labute approximate surface area is 118 Å². The van der Waals surface area contributed by atoms with Crippen molar-refractivity contribution in [3.05, 3.63) is 22.7 Å². The lowest BCUT2D eigenvalue weighted by atomic mass is 9.79. The van der Waals surface area contributed by atoms with E-state index in [4.69, 9.17) is 11.6 Å². The predicted octanol–water partition coefficient (Wildman–Crippen LogP) is 3.37. The summed E-state index contributed by atoms with van der Waals surface area (Å²) in [5.41, 5.74) is 0.301. The summed E-state index contributed by atoms with van der Waals surface area (Å²) in [5.74, 6) is -0.498. The minimum absolute atomic E-state index is 0.0430. The first-order chi connectivity index (χ1) is 8.79. The van der Waals surface area contributed by atoms with E-state index < -0.39 is 0 Å². The molecule has 1 aromatic carbocycles. The molecule has 0 aliphatic rings. The molecule has 0 saturated carbocycles. The van der Waals surface area contributed by atoms with Crippen LogP contribution < -0.4 is 0 Å². The second-order valence-corrected chi connectivity index (χ2v) is 5.49. The Balaban J connectivity index is 2.82. The Morgan fingerprint density at radius 1 is 1.37 bits per heavy atom. The molecule has 0 atom stereocenters. The van der Waals surface area contributed by atoms with Crippen molar-refractivity contribution < 1.29 is 19.7 Å². The van der Waals surface area contributed by atoms with E-state index >= 15 is 0 Å². The fraction of sp³-hybridized carbons (Fsp3) is 0.500. The van der Waals surface area contributed by atoms with Gasteiger partial charge in [0.25, 0.3) is 0 Å². The van der Waals surface area contributed by atoms with Crippen LogP contribution in [-0.2, 0) is 14.9 Å². The topological polar surface area (TPSA) is 66.8 Å². The normalized spacial score (nSPS) is 11.4. The Morgan fingerprint density at radius 3 is 2.58 bits per heavy atom. The van der Waals surface area contributed by atoms with Crippen LogP contribution in [0.4, 0.5) is 0 Å². The van der Waals surface area contributed by atoms with Crippen LogP contribution in [0.15, 0.2) is 12.1 Å². The lowest BCUT2D eigenvalue weighted by Gasteiger charge is -2.26. The Hall–Kier alpha value is -1.42. The van der Waals surface area contributed by atoms with Gasteiger partial charge in [-0.05, 0) is 24.3 Å². The maximum absolute atomic E-state index is 11.1. The first-order valence-electron chi connectivity index (χ1n) is 6.07. The molecule has 0 unspecified atom stereocenters. The van der Waals surface area contributed by atoms with Crippen LogP contribution in [0.25, 0.3) is 0 Å². The van der Waals surface area contributed by atoms with Crippen molar-refractivity contribution >= 4 is 17.6 Å². The molecule has 0 aromatic heterocycles. The second-order valence-electron chi connectivity index (χ2n) is 5.11. The fourth-order valence-electron chi connectivity index (χ4n) is 2.01. The van der Waals surface area contributed by atoms with Gasteiger partial charge in [-0.2, -0.15) is 0 Å². The van der Waals surface area contributed by atoms with Crippen LogP contribution in [0.2, 0.25) is 5.02 Å². The highest BCUT2D eigenvalue weighted by atomic mass is 35.5. The summed E-state index contributed by atoms with van der Waals surface area (Å²) < 4.78 is 4.59. The monoisotopic (exact) mass is 286 g/mol. The number of halogens is 1. The smallest absolute Gasteiger partial charge is 0.305 e. The first kappa shape index (κ1) is 15.6. The molecule has 106 valence electrons.